The number of nitrogens with zero attached hydrogens (tertiary/aromatic N) is 2. The highest BCUT2D eigenvalue weighted by atomic mass is 16.2. The van der Waals surface area contributed by atoms with E-state index in [0.717, 1.165) is 37.4 Å². The SMILES string of the molecule is CNc1cc(C(=O)NN2CCCCC2)cc(C)n1. The summed E-state index contributed by atoms with van der Waals surface area (Å²) in [5, 5.41) is 4.96. The minimum absolute atomic E-state index is 0.0566. The van der Waals surface area contributed by atoms with Crippen molar-refractivity contribution in [1.29, 1.82) is 0 Å². The number of hydrazine groups is 1. The van der Waals surface area contributed by atoms with Gasteiger partial charge in [-0.15, -0.1) is 0 Å². The van der Waals surface area contributed by atoms with Crippen LogP contribution >= 0.6 is 0 Å². The molecular formula is C13H20N4O. The van der Waals surface area contributed by atoms with Crippen LogP contribution < -0.4 is 10.7 Å². The number of hydrogen-bond acceptors (Lipinski definition) is 4. The fourth-order valence-electron chi connectivity index (χ4n) is 2.14. The first-order valence-corrected chi connectivity index (χ1v) is 6.41. The number of nitrogens with one attached hydrogen (secondary N) is 2. The number of amides is 1. The largest absolute Gasteiger partial charge is 0.373 e. The van der Waals surface area contributed by atoms with E-state index < -0.39 is 0 Å². The fourth-order valence-corrected chi connectivity index (χ4v) is 2.14. The lowest BCUT2D eigenvalue weighted by molar-refractivity contribution is 0.0750. The van der Waals surface area contributed by atoms with Crippen LogP contribution in [0.4, 0.5) is 5.82 Å². The third kappa shape index (κ3) is 3.20. The molecule has 0 saturated carbocycles. The molecule has 0 radical (unpaired) electrons. The topological polar surface area (TPSA) is 57.3 Å². The van der Waals surface area contributed by atoms with E-state index in [-0.39, 0.29) is 5.91 Å². The zero-order chi connectivity index (χ0) is 13.0. The van der Waals surface area contributed by atoms with E-state index in [1.165, 1.54) is 6.42 Å². The maximum atomic E-state index is 12.1. The standard InChI is InChI=1S/C13H20N4O/c1-10-8-11(9-12(14-2)15-10)13(18)16-17-6-4-3-5-7-17/h8-9H,3-7H2,1-2H3,(H,14,15)(H,16,18). The van der Waals surface area contributed by atoms with Crippen molar-refractivity contribution < 1.29 is 4.79 Å². The molecule has 0 aromatic carbocycles. The second-order valence-corrected chi connectivity index (χ2v) is 4.62. The first-order valence-electron chi connectivity index (χ1n) is 6.41. The average molecular weight is 248 g/mol. The highest BCUT2D eigenvalue weighted by Crippen LogP contribution is 2.11. The Balaban J connectivity index is 2.05. The molecule has 0 aliphatic carbocycles. The van der Waals surface area contributed by atoms with Gasteiger partial charge in [-0.25, -0.2) is 9.99 Å². The molecule has 0 unspecified atom stereocenters. The first-order chi connectivity index (χ1) is 8.69. The number of hydrogen-bond donors (Lipinski definition) is 2. The monoisotopic (exact) mass is 248 g/mol. The molecule has 1 aliphatic heterocycles. The summed E-state index contributed by atoms with van der Waals surface area (Å²) in [5.74, 6) is 0.665. The number of rotatable bonds is 3. The average Bonchev–Trinajstić information content (AvgIpc) is 2.39. The molecule has 1 aromatic rings. The number of carbonyl (C=O) groups excluding carboxylic acids is 1. The molecule has 98 valence electrons. The van der Waals surface area contributed by atoms with E-state index in [0.29, 0.717) is 5.56 Å². The van der Waals surface area contributed by atoms with Gasteiger partial charge in [0.1, 0.15) is 5.82 Å². The predicted molar refractivity (Wildman–Crippen MR) is 71.4 cm³/mol. The van der Waals surface area contributed by atoms with Gasteiger partial charge in [0, 0.05) is 31.4 Å². The van der Waals surface area contributed by atoms with Gasteiger partial charge in [0.05, 0.1) is 0 Å². The van der Waals surface area contributed by atoms with Crippen molar-refractivity contribution in [3.8, 4) is 0 Å². The number of piperidine rings is 1. The Kier molecular flexibility index (Phi) is 4.15. The van der Waals surface area contributed by atoms with E-state index in [1.54, 1.807) is 19.2 Å². The van der Waals surface area contributed by atoms with Crippen LogP contribution in [0.5, 0.6) is 0 Å². The van der Waals surface area contributed by atoms with Gasteiger partial charge in [-0.2, -0.15) is 0 Å². The van der Waals surface area contributed by atoms with Crippen molar-refractivity contribution in [2.24, 2.45) is 0 Å². The van der Waals surface area contributed by atoms with Crippen molar-refractivity contribution in [2.45, 2.75) is 26.2 Å². The van der Waals surface area contributed by atoms with Crippen molar-refractivity contribution in [3.05, 3.63) is 23.4 Å². The van der Waals surface area contributed by atoms with Crippen LogP contribution in [-0.2, 0) is 0 Å². The number of aromatic nitrogens is 1. The maximum Gasteiger partial charge on any atom is 0.265 e. The number of anilines is 1. The Morgan fingerprint density at radius 3 is 2.67 bits per heavy atom. The molecule has 0 atom stereocenters. The normalized spacial score (nSPS) is 16.3. The molecule has 2 N–H and O–H groups in total. The van der Waals surface area contributed by atoms with Gasteiger partial charge in [0.25, 0.3) is 5.91 Å². The van der Waals surface area contributed by atoms with E-state index in [9.17, 15) is 4.79 Å². The van der Waals surface area contributed by atoms with E-state index in [2.05, 4.69) is 15.7 Å². The van der Waals surface area contributed by atoms with E-state index >= 15 is 0 Å². The van der Waals surface area contributed by atoms with Crippen LogP contribution in [0.25, 0.3) is 0 Å². The van der Waals surface area contributed by atoms with Gasteiger partial charge in [-0.3, -0.25) is 10.2 Å². The summed E-state index contributed by atoms with van der Waals surface area (Å²) in [5.41, 5.74) is 4.44. The van der Waals surface area contributed by atoms with Crippen LogP contribution in [-0.4, -0.2) is 36.0 Å². The lowest BCUT2D eigenvalue weighted by Gasteiger charge is -2.26. The molecule has 5 nitrogen and oxygen atoms in total. The maximum absolute atomic E-state index is 12.1. The summed E-state index contributed by atoms with van der Waals surface area (Å²) in [4.78, 5) is 16.4. The molecule has 1 fully saturated rings. The molecule has 1 aliphatic rings. The van der Waals surface area contributed by atoms with Gasteiger partial charge in [0.15, 0.2) is 0 Å². The van der Waals surface area contributed by atoms with E-state index in [1.807, 2.05) is 11.9 Å². The minimum Gasteiger partial charge on any atom is -0.373 e. The van der Waals surface area contributed by atoms with E-state index in [4.69, 9.17) is 0 Å². The van der Waals surface area contributed by atoms with Crippen molar-refractivity contribution in [1.82, 2.24) is 15.4 Å². The summed E-state index contributed by atoms with van der Waals surface area (Å²) in [6.07, 6.45) is 3.56. The number of carbonyl (C=O) groups is 1. The van der Waals surface area contributed by atoms with Gasteiger partial charge in [-0.05, 0) is 31.9 Å². The zero-order valence-corrected chi connectivity index (χ0v) is 11.0. The lowest BCUT2D eigenvalue weighted by Crippen LogP contribution is -2.45. The van der Waals surface area contributed by atoms with Gasteiger partial charge >= 0.3 is 0 Å². The second kappa shape index (κ2) is 5.82. The quantitative estimate of drug-likeness (QED) is 0.852. The fraction of sp³-hybridized carbons (Fsp3) is 0.538. The molecule has 1 aromatic heterocycles. The molecule has 1 saturated heterocycles. The molecule has 18 heavy (non-hydrogen) atoms. The molecule has 0 spiro atoms. The summed E-state index contributed by atoms with van der Waals surface area (Å²) >= 11 is 0. The van der Waals surface area contributed by atoms with Crippen molar-refractivity contribution in [2.75, 3.05) is 25.5 Å². The molecule has 5 heteroatoms. The molecular weight excluding hydrogens is 228 g/mol. The van der Waals surface area contributed by atoms with Crippen molar-refractivity contribution in [3.63, 3.8) is 0 Å². The lowest BCUT2D eigenvalue weighted by atomic mass is 10.1. The van der Waals surface area contributed by atoms with Crippen molar-refractivity contribution >= 4 is 11.7 Å². The third-order valence-corrected chi connectivity index (χ3v) is 3.09. The van der Waals surface area contributed by atoms with Gasteiger partial charge in [0.2, 0.25) is 0 Å². The van der Waals surface area contributed by atoms with Crippen LogP contribution in [0.1, 0.15) is 35.3 Å². The molecule has 2 rings (SSSR count). The molecule has 0 bridgehead atoms. The van der Waals surface area contributed by atoms with Gasteiger partial charge < -0.3 is 5.32 Å². The predicted octanol–water partition coefficient (Wildman–Crippen LogP) is 1.56. The first kappa shape index (κ1) is 12.8. The van der Waals surface area contributed by atoms with Crippen LogP contribution in [0.2, 0.25) is 0 Å². The molecule has 1 amide bonds. The Labute approximate surface area is 108 Å². The Bertz CT molecular complexity index is 427. The van der Waals surface area contributed by atoms with Crippen LogP contribution in [0, 0.1) is 6.92 Å². The number of pyridine rings is 1. The third-order valence-electron chi connectivity index (χ3n) is 3.09. The summed E-state index contributed by atoms with van der Waals surface area (Å²) in [6, 6.07) is 3.58. The highest BCUT2D eigenvalue weighted by Gasteiger charge is 2.14. The Morgan fingerprint density at radius 1 is 1.28 bits per heavy atom. The van der Waals surface area contributed by atoms with Crippen LogP contribution in [0.3, 0.4) is 0 Å². The minimum atomic E-state index is -0.0566. The zero-order valence-electron chi connectivity index (χ0n) is 11.0. The number of aryl methyl sites for hydroxylation is 1. The highest BCUT2D eigenvalue weighted by molar-refractivity contribution is 5.94. The summed E-state index contributed by atoms with van der Waals surface area (Å²) < 4.78 is 0. The Morgan fingerprint density at radius 2 is 2.00 bits per heavy atom. The Hall–Kier alpha value is -1.62. The van der Waals surface area contributed by atoms with Gasteiger partial charge in [-0.1, -0.05) is 6.42 Å². The summed E-state index contributed by atoms with van der Waals surface area (Å²) in [7, 11) is 1.80. The molecule has 2 heterocycles. The second-order valence-electron chi connectivity index (χ2n) is 4.62. The summed E-state index contributed by atoms with van der Waals surface area (Å²) in [6.45, 7) is 3.77. The smallest absolute Gasteiger partial charge is 0.265 e. The van der Waals surface area contributed by atoms with Crippen LogP contribution in [0.15, 0.2) is 12.1 Å².